The SMILES string of the molecule is C=C/C=C\C=C(/C)CCC1C=CC(C)=CC1CC. The molecule has 0 nitrogen and oxygen atoms in total. The second kappa shape index (κ2) is 7.92. The molecule has 98 valence electrons. The minimum absolute atomic E-state index is 0.713. The Bertz CT molecular complexity index is 377. The molecule has 1 aliphatic carbocycles. The molecule has 0 aromatic rings. The van der Waals surface area contributed by atoms with Gasteiger partial charge in [0.25, 0.3) is 0 Å². The Morgan fingerprint density at radius 2 is 2.11 bits per heavy atom. The first kappa shape index (κ1) is 14.8. The van der Waals surface area contributed by atoms with Crippen molar-refractivity contribution in [2.45, 2.75) is 40.0 Å². The zero-order valence-electron chi connectivity index (χ0n) is 12.0. The minimum atomic E-state index is 0.713. The number of rotatable bonds is 6. The molecule has 2 atom stereocenters. The maximum atomic E-state index is 3.67. The minimum Gasteiger partial charge on any atom is -0.0991 e. The summed E-state index contributed by atoms with van der Waals surface area (Å²) in [4.78, 5) is 0. The molecule has 0 bridgehead atoms. The Morgan fingerprint density at radius 3 is 2.78 bits per heavy atom. The summed E-state index contributed by atoms with van der Waals surface area (Å²) in [5.41, 5.74) is 2.86. The second-order valence-corrected chi connectivity index (χ2v) is 5.18. The van der Waals surface area contributed by atoms with Gasteiger partial charge in [-0.15, -0.1) is 0 Å². The van der Waals surface area contributed by atoms with Crippen molar-refractivity contribution in [3.8, 4) is 0 Å². The first-order valence-corrected chi connectivity index (χ1v) is 6.98. The van der Waals surface area contributed by atoms with Gasteiger partial charge >= 0.3 is 0 Å². The maximum Gasteiger partial charge on any atom is -0.0164 e. The molecule has 0 N–H and O–H groups in total. The van der Waals surface area contributed by atoms with Crippen molar-refractivity contribution in [1.29, 1.82) is 0 Å². The second-order valence-electron chi connectivity index (χ2n) is 5.18. The molecular weight excluding hydrogens is 216 g/mol. The smallest absolute Gasteiger partial charge is 0.0164 e. The lowest BCUT2D eigenvalue weighted by atomic mass is 9.81. The molecule has 0 heterocycles. The Kier molecular flexibility index (Phi) is 6.49. The molecule has 2 unspecified atom stereocenters. The molecule has 0 aromatic heterocycles. The Morgan fingerprint density at radius 1 is 1.33 bits per heavy atom. The molecule has 1 aliphatic rings. The van der Waals surface area contributed by atoms with E-state index in [9.17, 15) is 0 Å². The zero-order valence-corrected chi connectivity index (χ0v) is 12.0. The monoisotopic (exact) mass is 242 g/mol. The van der Waals surface area contributed by atoms with Crippen molar-refractivity contribution in [1.82, 2.24) is 0 Å². The maximum absolute atomic E-state index is 3.67. The Balaban J connectivity index is 2.48. The van der Waals surface area contributed by atoms with Crippen LogP contribution in [0.3, 0.4) is 0 Å². The van der Waals surface area contributed by atoms with E-state index in [0.29, 0.717) is 5.92 Å². The third kappa shape index (κ3) is 4.91. The molecule has 0 aliphatic heterocycles. The highest BCUT2D eigenvalue weighted by Crippen LogP contribution is 2.30. The lowest BCUT2D eigenvalue weighted by Gasteiger charge is -2.24. The third-order valence-corrected chi connectivity index (χ3v) is 3.60. The predicted molar refractivity (Wildman–Crippen MR) is 82.5 cm³/mol. The topological polar surface area (TPSA) is 0 Å². The quantitative estimate of drug-likeness (QED) is 0.531. The van der Waals surface area contributed by atoms with Crippen LogP contribution in [0.4, 0.5) is 0 Å². The fourth-order valence-corrected chi connectivity index (χ4v) is 2.44. The van der Waals surface area contributed by atoms with E-state index in [4.69, 9.17) is 0 Å². The molecule has 1 rings (SSSR count). The van der Waals surface area contributed by atoms with Gasteiger partial charge in [-0.1, -0.05) is 67.2 Å². The van der Waals surface area contributed by atoms with Crippen LogP contribution in [0.2, 0.25) is 0 Å². The number of hydrogen-bond donors (Lipinski definition) is 0. The summed E-state index contributed by atoms with van der Waals surface area (Å²) in [5.74, 6) is 1.44. The summed E-state index contributed by atoms with van der Waals surface area (Å²) in [6, 6.07) is 0. The first-order chi connectivity index (χ1) is 8.67. The highest BCUT2D eigenvalue weighted by Gasteiger charge is 2.17. The highest BCUT2D eigenvalue weighted by atomic mass is 14.2. The van der Waals surface area contributed by atoms with E-state index < -0.39 is 0 Å². The molecule has 0 heteroatoms. The molecule has 0 amide bonds. The van der Waals surface area contributed by atoms with Crippen molar-refractivity contribution < 1.29 is 0 Å². The molecule has 18 heavy (non-hydrogen) atoms. The van der Waals surface area contributed by atoms with Crippen LogP contribution in [0.1, 0.15) is 40.0 Å². The van der Waals surface area contributed by atoms with Crippen molar-refractivity contribution in [2.24, 2.45) is 11.8 Å². The summed E-state index contributed by atoms with van der Waals surface area (Å²) < 4.78 is 0. The van der Waals surface area contributed by atoms with Gasteiger partial charge in [0.05, 0.1) is 0 Å². The fraction of sp³-hybridized carbons (Fsp3) is 0.444. The molecule has 0 saturated carbocycles. The summed E-state index contributed by atoms with van der Waals surface area (Å²) >= 11 is 0. The van der Waals surface area contributed by atoms with Gasteiger partial charge in [-0.2, -0.15) is 0 Å². The zero-order chi connectivity index (χ0) is 13.4. The first-order valence-electron chi connectivity index (χ1n) is 6.98. The normalized spacial score (nSPS) is 24.4. The largest absolute Gasteiger partial charge is 0.0991 e. The lowest BCUT2D eigenvalue weighted by molar-refractivity contribution is 0.427. The highest BCUT2D eigenvalue weighted by molar-refractivity contribution is 5.24. The van der Waals surface area contributed by atoms with Crippen LogP contribution >= 0.6 is 0 Å². The van der Waals surface area contributed by atoms with Gasteiger partial charge in [0.1, 0.15) is 0 Å². The third-order valence-electron chi connectivity index (χ3n) is 3.60. The van der Waals surface area contributed by atoms with E-state index in [1.165, 1.54) is 30.4 Å². The average Bonchev–Trinajstić information content (AvgIpc) is 2.37. The van der Waals surface area contributed by atoms with Gasteiger partial charge in [0, 0.05) is 0 Å². The van der Waals surface area contributed by atoms with Crippen LogP contribution in [0.15, 0.2) is 60.3 Å². The van der Waals surface area contributed by atoms with Crippen LogP contribution in [-0.4, -0.2) is 0 Å². The lowest BCUT2D eigenvalue weighted by Crippen LogP contribution is -2.13. The summed E-state index contributed by atoms with van der Waals surface area (Å²) in [7, 11) is 0. The predicted octanol–water partition coefficient (Wildman–Crippen LogP) is 5.61. The molecule has 0 fully saturated rings. The molecule has 0 saturated heterocycles. The standard InChI is InChI=1S/C18H26/c1-5-7-8-9-15(3)10-12-18-13-11-16(4)14-17(18)6-2/h5,7-9,11,13-14,17-18H,1,6,10,12H2,2-4H3/b8-7-,15-9+. The van der Waals surface area contributed by atoms with Gasteiger partial charge in [-0.05, 0) is 44.9 Å². The molecule has 0 spiro atoms. The van der Waals surface area contributed by atoms with Crippen molar-refractivity contribution in [2.75, 3.05) is 0 Å². The Labute approximate surface area is 112 Å². The summed E-state index contributed by atoms with van der Waals surface area (Å²) in [5, 5.41) is 0. The van der Waals surface area contributed by atoms with Crippen molar-refractivity contribution in [3.63, 3.8) is 0 Å². The summed E-state index contributed by atoms with van der Waals surface area (Å²) in [6.45, 7) is 10.4. The van der Waals surface area contributed by atoms with Gasteiger partial charge in [-0.3, -0.25) is 0 Å². The Hall–Kier alpha value is -1.30. The van der Waals surface area contributed by atoms with Gasteiger partial charge in [0.15, 0.2) is 0 Å². The van der Waals surface area contributed by atoms with Crippen LogP contribution in [-0.2, 0) is 0 Å². The van der Waals surface area contributed by atoms with Crippen molar-refractivity contribution in [3.05, 3.63) is 60.3 Å². The van der Waals surface area contributed by atoms with E-state index in [2.05, 4.69) is 57.7 Å². The molecular formula is C18H26. The average molecular weight is 242 g/mol. The van der Waals surface area contributed by atoms with E-state index >= 15 is 0 Å². The van der Waals surface area contributed by atoms with Gasteiger partial charge < -0.3 is 0 Å². The van der Waals surface area contributed by atoms with Crippen LogP contribution in [0.5, 0.6) is 0 Å². The van der Waals surface area contributed by atoms with Crippen molar-refractivity contribution >= 4 is 0 Å². The van der Waals surface area contributed by atoms with Crippen LogP contribution < -0.4 is 0 Å². The fourth-order valence-electron chi connectivity index (χ4n) is 2.44. The molecule has 0 radical (unpaired) electrons. The number of hydrogen-bond acceptors (Lipinski definition) is 0. The van der Waals surface area contributed by atoms with Gasteiger partial charge in [0.2, 0.25) is 0 Å². The van der Waals surface area contributed by atoms with E-state index in [0.717, 1.165) is 5.92 Å². The summed E-state index contributed by atoms with van der Waals surface area (Å²) in [6.07, 6.45) is 18.8. The number of allylic oxidation sites excluding steroid dienone is 9. The van der Waals surface area contributed by atoms with Crippen LogP contribution in [0, 0.1) is 11.8 Å². The van der Waals surface area contributed by atoms with Gasteiger partial charge in [-0.25, -0.2) is 0 Å². The van der Waals surface area contributed by atoms with E-state index in [-0.39, 0.29) is 0 Å². The van der Waals surface area contributed by atoms with Crippen LogP contribution in [0.25, 0.3) is 0 Å². The van der Waals surface area contributed by atoms with E-state index in [1.54, 1.807) is 0 Å². The van der Waals surface area contributed by atoms with E-state index in [1.807, 2.05) is 12.2 Å². The molecule has 0 aromatic carbocycles.